The van der Waals surface area contributed by atoms with E-state index >= 15 is 0 Å². The molecule has 0 aliphatic carbocycles. The van der Waals surface area contributed by atoms with Crippen molar-refractivity contribution in [2.24, 2.45) is 0 Å². The normalized spacial score (nSPS) is 10.1. The van der Waals surface area contributed by atoms with Crippen LogP contribution in [0, 0.1) is 11.6 Å². The molecule has 2 N–H and O–H groups in total. The van der Waals surface area contributed by atoms with Crippen LogP contribution in [0.15, 0.2) is 18.2 Å². The molecule has 1 aromatic rings. The van der Waals surface area contributed by atoms with Crippen LogP contribution in [0.2, 0.25) is 0 Å². The molecule has 0 aliphatic heterocycles. The number of halogens is 2. The lowest BCUT2D eigenvalue weighted by Crippen LogP contribution is -2.13. The Hall–Kier alpha value is -1.98. The molecule has 4 nitrogen and oxygen atoms in total. The molecule has 0 bridgehead atoms. The fraction of sp³-hybridized carbons (Fsp3) is 0.333. The standard InChI is InChI=1S/C12H13F2NO3/c13-8-4-3-5-9(12(8)14)15-10(16)6-1-2-7-11(17)18/h3-5H,1-2,6-7H2,(H,15,16)(H,17,18). The summed E-state index contributed by atoms with van der Waals surface area (Å²) in [4.78, 5) is 21.6. The van der Waals surface area contributed by atoms with Crippen molar-refractivity contribution in [1.82, 2.24) is 0 Å². The predicted molar refractivity (Wildman–Crippen MR) is 61.1 cm³/mol. The molecule has 18 heavy (non-hydrogen) atoms. The summed E-state index contributed by atoms with van der Waals surface area (Å²) in [6.07, 6.45) is 0.814. The van der Waals surface area contributed by atoms with Crippen LogP contribution in [0.1, 0.15) is 25.7 Å². The molecule has 0 saturated heterocycles. The van der Waals surface area contributed by atoms with Crippen LogP contribution in [0.5, 0.6) is 0 Å². The van der Waals surface area contributed by atoms with Crippen molar-refractivity contribution in [1.29, 1.82) is 0 Å². The average molecular weight is 257 g/mol. The Kier molecular flexibility index (Phi) is 5.23. The van der Waals surface area contributed by atoms with Gasteiger partial charge in [-0.05, 0) is 25.0 Å². The number of nitrogens with one attached hydrogen (secondary N) is 1. The van der Waals surface area contributed by atoms with Gasteiger partial charge in [-0.15, -0.1) is 0 Å². The van der Waals surface area contributed by atoms with Gasteiger partial charge in [0.25, 0.3) is 0 Å². The summed E-state index contributed by atoms with van der Waals surface area (Å²) in [5, 5.41) is 10.6. The quantitative estimate of drug-likeness (QED) is 0.769. The second kappa shape index (κ2) is 6.68. The number of aliphatic carboxylic acids is 1. The van der Waals surface area contributed by atoms with E-state index in [0.717, 1.165) is 6.07 Å². The minimum absolute atomic E-state index is 0.0123. The number of hydrogen-bond donors (Lipinski definition) is 2. The number of rotatable bonds is 6. The van der Waals surface area contributed by atoms with Gasteiger partial charge in [0.1, 0.15) is 0 Å². The fourth-order valence-corrected chi connectivity index (χ4v) is 1.37. The third-order valence-electron chi connectivity index (χ3n) is 2.27. The smallest absolute Gasteiger partial charge is 0.303 e. The zero-order valence-electron chi connectivity index (χ0n) is 9.58. The first kappa shape index (κ1) is 14.1. The Morgan fingerprint density at radius 3 is 2.50 bits per heavy atom. The number of benzene rings is 1. The Morgan fingerprint density at radius 1 is 1.17 bits per heavy atom. The van der Waals surface area contributed by atoms with E-state index in [1.54, 1.807) is 0 Å². The first-order valence-corrected chi connectivity index (χ1v) is 5.46. The van der Waals surface area contributed by atoms with Crippen molar-refractivity contribution in [2.75, 3.05) is 5.32 Å². The van der Waals surface area contributed by atoms with Crippen LogP contribution in [0.25, 0.3) is 0 Å². The van der Waals surface area contributed by atoms with Gasteiger partial charge in [-0.3, -0.25) is 9.59 Å². The average Bonchev–Trinajstić information content (AvgIpc) is 2.30. The molecule has 6 heteroatoms. The van der Waals surface area contributed by atoms with Gasteiger partial charge in [-0.2, -0.15) is 0 Å². The Labute approximate surface area is 103 Å². The molecule has 0 atom stereocenters. The highest BCUT2D eigenvalue weighted by atomic mass is 19.2. The Morgan fingerprint density at radius 2 is 1.83 bits per heavy atom. The second-order valence-electron chi connectivity index (χ2n) is 3.75. The van der Waals surface area contributed by atoms with E-state index < -0.39 is 23.5 Å². The molecular formula is C12H13F2NO3. The second-order valence-corrected chi connectivity index (χ2v) is 3.75. The first-order valence-electron chi connectivity index (χ1n) is 5.46. The summed E-state index contributed by atoms with van der Waals surface area (Å²) in [5.74, 6) is -3.52. The SMILES string of the molecule is O=C(O)CCCCC(=O)Nc1cccc(F)c1F. The minimum Gasteiger partial charge on any atom is -0.481 e. The van der Waals surface area contributed by atoms with Crippen molar-refractivity contribution in [2.45, 2.75) is 25.7 Å². The molecule has 98 valence electrons. The highest BCUT2D eigenvalue weighted by Gasteiger charge is 2.10. The molecular weight excluding hydrogens is 244 g/mol. The number of unbranched alkanes of at least 4 members (excludes halogenated alkanes) is 1. The largest absolute Gasteiger partial charge is 0.481 e. The van der Waals surface area contributed by atoms with Gasteiger partial charge in [0.2, 0.25) is 5.91 Å². The molecule has 0 saturated carbocycles. The summed E-state index contributed by atoms with van der Waals surface area (Å²) in [5.41, 5.74) is -0.210. The number of carboxylic acids is 1. The number of carbonyl (C=O) groups is 2. The van der Waals surface area contributed by atoms with Crippen LogP contribution in [0.4, 0.5) is 14.5 Å². The lowest BCUT2D eigenvalue weighted by Gasteiger charge is -2.06. The van der Waals surface area contributed by atoms with E-state index in [4.69, 9.17) is 5.11 Å². The van der Waals surface area contributed by atoms with Crippen LogP contribution in [-0.4, -0.2) is 17.0 Å². The molecule has 1 amide bonds. The zero-order chi connectivity index (χ0) is 13.5. The summed E-state index contributed by atoms with van der Waals surface area (Å²) in [7, 11) is 0. The van der Waals surface area contributed by atoms with E-state index in [9.17, 15) is 18.4 Å². The van der Waals surface area contributed by atoms with Crippen molar-refractivity contribution in [3.05, 3.63) is 29.8 Å². The Bertz CT molecular complexity index is 449. The number of carboxylic acid groups (broad SMARTS) is 1. The summed E-state index contributed by atoms with van der Waals surface area (Å²) >= 11 is 0. The van der Waals surface area contributed by atoms with Gasteiger partial charge >= 0.3 is 5.97 Å². The summed E-state index contributed by atoms with van der Waals surface area (Å²) in [6.45, 7) is 0. The third kappa shape index (κ3) is 4.48. The van der Waals surface area contributed by atoms with Crippen LogP contribution >= 0.6 is 0 Å². The van der Waals surface area contributed by atoms with Gasteiger partial charge in [-0.25, -0.2) is 8.78 Å². The maximum Gasteiger partial charge on any atom is 0.303 e. The maximum atomic E-state index is 13.2. The maximum absolute atomic E-state index is 13.2. The van der Waals surface area contributed by atoms with E-state index in [1.165, 1.54) is 12.1 Å². The fourth-order valence-electron chi connectivity index (χ4n) is 1.37. The van der Waals surface area contributed by atoms with Crippen LogP contribution < -0.4 is 5.32 Å². The van der Waals surface area contributed by atoms with Crippen molar-refractivity contribution in [3.8, 4) is 0 Å². The summed E-state index contributed by atoms with van der Waals surface area (Å²) < 4.78 is 26.0. The molecule has 0 unspecified atom stereocenters. The van der Waals surface area contributed by atoms with E-state index in [1.807, 2.05) is 0 Å². The number of hydrogen-bond acceptors (Lipinski definition) is 2. The van der Waals surface area contributed by atoms with E-state index in [2.05, 4.69) is 5.32 Å². The van der Waals surface area contributed by atoms with Gasteiger partial charge < -0.3 is 10.4 Å². The molecule has 0 heterocycles. The monoisotopic (exact) mass is 257 g/mol. The first-order chi connectivity index (χ1) is 8.50. The molecule has 1 aromatic carbocycles. The third-order valence-corrected chi connectivity index (χ3v) is 2.27. The highest BCUT2D eigenvalue weighted by molar-refractivity contribution is 5.90. The summed E-state index contributed by atoms with van der Waals surface area (Å²) in [6, 6.07) is 3.50. The number of anilines is 1. The predicted octanol–water partition coefficient (Wildman–Crippen LogP) is 2.55. The topological polar surface area (TPSA) is 66.4 Å². The van der Waals surface area contributed by atoms with Gasteiger partial charge in [0.15, 0.2) is 11.6 Å². The molecule has 0 aromatic heterocycles. The zero-order valence-corrected chi connectivity index (χ0v) is 9.58. The van der Waals surface area contributed by atoms with Crippen molar-refractivity contribution < 1.29 is 23.5 Å². The van der Waals surface area contributed by atoms with E-state index in [-0.39, 0.29) is 18.5 Å². The molecule has 0 spiro atoms. The molecule has 1 rings (SSSR count). The lowest BCUT2D eigenvalue weighted by molar-refractivity contribution is -0.137. The molecule has 0 radical (unpaired) electrons. The Balaban J connectivity index is 2.40. The number of amides is 1. The van der Waals surface area contributed by atoms with Gasteiger partial charge in [0, 0.05) is 12.8 Å². The van der Waals surface area contributed by atoms with E-state index in [0.29, 0.717) is 12.8 Å². The van der Waals surface area contributed by atoms with Crippen LogP contribution in [-0.2, 0) is 9.59 Å². The minimum atomic E-state index is -1.10. The van der Waals surface area contributed by atoms with Crippen molar-refractivity contribution in [3.63, 3.8) is 0 Å². The highest BCUT2D eigenvalue weighted by Crippen LogP contribution is 2.17. The van der Waals surface area contributed by atoms with Crippen molar-refractivity contribution >= 4 is 17.6 Å². The number of carbonyl (C=O) groups excluding carboxylic acids is 1. The molecule has 0 aliphatic rings. The molecule has 0 fully saturated rings. The lowest BCUT2D eigenvalue weighted by atomic mass is 10.2. The van der Waals surface area contributed by atoms with Crippen LogP contribution in [0.3, 0.4) is 0 Å². The van der Waals surface area contributed by atoms with Gasteiger partial charge in [0.05, 0.1) is 5.69 Å². The van der Waals surface area contributed by atoms with Gasteiger partial charge in [-0.1, -0.05) is 6.07 Å².